The topological polar surface area (TPSA) is 52.3 Å². The van der Waals surface area contributed by atoms with Crippen molar-refractivity contribution < 1.29 is 9.53 Å². The molecule has 14 heavy (non-hydrogen) atoms. The Balaban J connectivity index is 3.43. The third-order valence-corrected chi connectivity index (χ3v) is 2.11. The van der Waals surface area contributed by atoms with Crippen molar-refractivity contribution in [3.05, 3.63) is 0 Å². The summed E-state index contributed by atoms with van der Waals surface area (Å²) < 4.78 is 5.11. The van der Waals surface area contributed by atoms with Crippen LogP contribution in [0.1, 0.15) is 46.5 Å². The van der Waals surface area contributed by atoms with Gasteiger partial charge in [0.25, 0.3) is 0 Å². The Bertz CT molecular complexity index is 157. The summed E-state index contributed by atoms with van der Waals surface area (Å²) in [5, 5.41) is 0. The molecule has 2 N–H and O–H groups in total. The van der Waals surface area contributed by atoms with Crippen molar-refractivity contribution in [2.24, 2.45) is 11.7 Å². The van der Waals surface area contributed by atoms with Crippen LogP contribution in [0.3, 0.4) is 0 Å². The number of carbonyl (C=O) groups excluding carboxylic acids is 1. The molecule has 0 aliphatic heterocycles. The summed E-state index contributed by atoms with van der Waals surface area (Å²) in [6.45, 7) is 6.68. The summed E-state index contributed by atoms with van der Waals surface area (Å²) in [5.41, 5.74) is 5.54. The molecule has 0 radical (unpaired) electrons. The second-order valence-electron chi connectivity index (χ2n) is 4.09. The van der Waals surface area contributed by atoms with Crippen molar-refractivity contribution in [3.8, 4) is 0 Å². The fraction of sp³-hybridized carbons (Fsp3) is 0.909. The predicted molar refractivity (Wildman–Crippen MR) is 57.9 cm³/mol. The molecule has 0 amide bonds. The number of nitrogens with two attached hydrogens (primary N) is 1. The molecule has 0 aromatic heterocycles. The molecule has 0 aliphatic rings. The number of hydrogen-bond acceptors (Lipinski definition) is 3. The van der Waals surface area contributed by atoms with E-state index in [9.17, 15) is 4.79 Å². The first-order chi connectivity index (χ1) is 6.56. The third kappa shape index (κ3) is 8.05. The zero-order chi connectivity index (χ0) is 11.0. The molecule has 3 heteroatoms. The van der Waals surface area contributed by atoms with Gasteiger partial charge in [0.2, 0.25) is 0 Å². The Kier molecular flexibility index (Phi) is 7.48. The standard InChI is InChI=1S/C11H23NO2/c1-4-5-9(2)8-14-11(13)7-6-10(3)12/h9-10H,4-8,12H2,1-3H3. The van der Waals surface area contributed by atoms with Gasteiger partial charge in [-0.1, -0.05) is 20.3 Å². The molecule has 0 rings (SSSR count). The second kappa shape index (κ2) is 7.80. The lowest BCUT2D eigenvalue weighted by atomic mass is 10.1. The van der Waals surface area contributed by atoms with Gasteiger partial charge in [0.15, 0.2) is 0 Å². The van der Waals surface area contributed by atoms with Crippen LogP contribution in [-0.4, -0.2) is 18.6 Å². The van der Waals surface area contributed by atoms with Crippen molar-refractivity contribution in [1.29, 1.82) is 0 Å². The van der Waals surface area contributed by atoms with Crippen LogP contribution < -0.4 is 5.73 Å². The van der Waals surface area contributed by atoms with Crippen molar-refractivity contribution in [2.45, 2.75) is 52.5 Å². The van der Waals surface area contributed by atoms with E-state index in [-0.39, 0.29) is 12.0 Å². The Hall–Kier alpha value is -0.570. The Morgan fingerprint density at radius 2 is 2.00 bits per heavy atom. The smallest absolute Gasteiger partial charge is 0.305 e. The largest absolute Gasteiger partial charge is 0.465 e. The average molecular weight is 201 g/mol. The lowest BCUT2D eigenvalue weighted by Crippen LogP contribution is -2.18. The van der Waals surface area contributed by atoms with Gasteiger partial charge in [-0.05, 0) is 25.7 Å². The van der Waals surface area contributed by atoms with Gasteiger partial charge >= 0.3 is 5.97 Å². The molecule has 0 fully saturated rings. The van der Waals surface area contributed by atoms with Gasteiger partial charge in [0.05, 0.1) is 6.61 Å². The highest BCUT2D eigenvalue weighted by atomic mass is 16.5. The van der Waals surface area contributed by atoms with Gasteiger partial charge in [0, 0.05) is 12.5 Å². The van der Waals surface area contributed by atoms with Crippen LogP contribution in [-0.2, 0) is 9.53 Å². The fourth-order valence-electron chi connectivity index (χ4n) is 1.23. The van der Waals surface area contributed by atoms with E-state index >= 15 is 0 Å². The molecule has 2 atom stereocenters. The van der Waals surface area contributed by atoms with E-state index in [0.29, 0.717) is 25.4 Å². The molecule has 0 aromatic rings. The maximum absolute atomic E-state index is 11.2. The lowest BCUT2D eigenvalue weighted by molar-refractivity contribution is -0.145. The zero-order valence-electron chi connectivity index (χ0n) is 9.58. The molecule has 0 spiro atoms. The van der Waals surface area contributed by atoms with Crippen molar-refractivity contribution >= 4 is 5.97 Å². The van der Waals surface area contributed by atoms with Crippen LogP contribution in [0.5, 0.6) is 0 Å². The van der Waals surface area contributed by atoms with E-state index in [2.05, 4.69) is 13.8 Å². The number of hydrogen-bond donors (Lipinski definition) is 1. The summed E-state index contributed by atoms with van der Waals surface area (Å²) in [6.07, 6.45) is 3.40. The van der Waals surface area contributed by atoms with Crippen LogP contribution in [0.2, 0.25) is 0 Å². The average Bonchev–Trinajstić information content (AvgIpc) is 2.12. The first-order valence-electron chi connectivity index (χ1n) is 5.47. The zero-order valence-corrected chi connectivity index (χ0v) is 9.58. The van der Waals surface area contributed by atoms with E-state index in [1.54, 1.807) is 0 Å². The normalized spacial score (nSPS) is 14.9. The predicted octanol–water partition coefficient (Wildman–Crippen LogP) is 2.09. The Labute approximate surface area is 87.0 Å². The van der Waals surface area contributed by atoms with Crippen LogP contribution in [0.25, 0.3) is 0 Å². The summed E-state index contributed by atoms with van der Waals surface area (Å²) in [5.74, 6) is 0.351. The molecule has 0 heterocycles. The molecule has 0 aromatic carbocycles. The molecule has 2 unspecified atom stereocenters. The van der Waals surface area contributed by atoms with Gasteiger partial charge < -0.3 is 10.5 Å². The number of carbonyl (C=O) groups is 1. The van der Waals surface area contributed by atoms with Gasteiger partial charge in [-0.3, -0.25) is 4.79 Å². The number of rotatable bonds is 7. The molecule has 0 aliphatic carbocycles. The van der Waals surface area contributed by atoms with E-state index in [1.165, 1.54) is 0 Å². The van der Waals surface area contributed by atoms with Crippen molar-refractivity contribution in [2.75, 3.05) is 6.61 Å². The monoisotopic (exact) mass is 201 g/mol. The second-order valence-corrected chi connectivity index (χ2v) is 4.09. The lowest BCUT2D eigenvalue weighted by Gasteiger charge is -2.11. The van der Waals surface area contributed by atoms with Crippen molar-refractivity contribution in [3.63, 3.8) is 0 Å². The van der Waals surface area contributed by atoms with Crippen LogP contribution in [0.4, 0.5) is 0 Å². The quantitative estimate of drug-likeness (QED) is 0.642. The maximum atomic E-state index is 11.2. The molecule has 0 bridgehead atoms. The van der Waals surface area contributed by atoms with E-state index in [0.717, 1.165) is 12.8 Å². The van der Waals surface area contributed by atoms with E-state index < -0.39 is 0 Å². The van der Waals surface area contributed by atoms with Gasteiger partial charge in [-0.2, -0.15) is 0 Å². The van der Waals surface area contributed by atoms with Crippen LogP contribution >= 0.6 is 0 Å². The molecular weight excluding hydrogens is 178 g/mol. The van der Waals surface area contributed by atoms with Crippen LogP contribution in [0.15, 0.2) is 0 Å². The summed E-state index contributed by atoms with van der Waals surface area (Å²) >= 11 is 0. The van der Waals surface area contributed by atoms with Gasteiger partial charge in [-0.25, -0.2) is 0 Å². The van der Waals surface area contributed by atoms with Gasteiger partial charge in [-0.15, -0.1) is 0 Å². The molecule has 0 saturated carbocycles. The Morgan fingerprint density at radius 3 is 2.50 bits per heavy atom. The first kappa shape index (κ1) is 13.4. The third-order valence-electron chi connectivity index (χ3n) is 2.11. The summed E-state index contributed by atoms with van der Waals surface area (Å²) in [4.78, 5) is 11.2. The molecule has 3 nitrogen and oxygen atoms in total. The van der Waals surface area contributed by atoms with Gasteiger partial charge in [0.1, 0.15) is 0 Å². The van der Waals surface area contributed by atoms with Crippen LogP contribution in [0, 0.1) is 5.92 Å². The maximum Gasteiger partial charge on any atom is 0.305 e. The minimum Gasteiger partial charge on any atom is -0.465 e. The minimum absolute atomic E-state index is 0.0793. The molecular formula is C11H23NO2. The highest BCUT2D eigenvalue weighted by molar-refractivity contribution is 5.69. The molecule has 84 valence electrons. The number of esters is 1. The molecule has 0 saturated heterocycles. The highest BCUT2D eigenvalue weighted by Crippen LogP contribution is 2.06. The fourth-order valence-corrected chi connectivity index (χ4v) is 1.23. The van der Waals surface area contributed by atoms with E-state index in [4.69, 9.17) is 10.5 Å². The van der Waals surface area contributed by atoms with E-state index in [1.807, 2.05) is 6.92 Å². The first-order valence-corrected chi connectivity index (χ1v) is 5.47. The minimum atomic E-state index is -0.120. The number of ether oxygens (including phenoxy) is 1. The summed E-state index contributed by atoms with van der Waals surface area (Å²) in [7, 11) is 0. The Morgan fingerprint density at radius 1 is 1.36 bits per heavy atom. The SMILES string of the molecule is CCCC(C)COC(=O)CCC(C)N. The summed E-state index contributed by atoms with van der Waals surface area (Å²) in [6, 6.07) is 0.0793. The highest BCUT2D eigenvalue weighted by Gasteiger charge is 2.07. The van der Waals surface area contributed by atoms with Crippen molar-refractivity contribution in [1.82, 2.24) is 0 Å².